The Labute approximate surface area is 90.0 Å². The monoisotopic (exact) mass is 259 g/mol. The molecule has 0 unspecified atom stereocenters. The van der Waals surface area contributed by atoms with Crippen LogP contribution in [0.2, 0.25) is 0 Å². The Morgan fingerprint density at radius 2 is 2.43 bits per heavy atom. The van der Waals surface area contributed by atoms with Gasteiger partial charge in [-0.15, -0.1) is 0 Å². The molecule has 0 radical (unpaired) electrons. The maximum atomic E-state index is 11.1. The van der Waals surface area contributed by atoms with Crippen molar-refractivity contribution in [3.63, 3.8) is 0 Å². The molecular weight excluding hydrogens is 250 g/mol. The molecular formula is C9H10BrNO3. The van der Waals surface area contributed by atoms with E-state index in [9.17, 15) is 9.59 Å². The van der Waals surface area contributed by atoms with Gasteiger partial charge in [-0.2, -0.15) is 0 Å². The Morgan fingerprint density at radius 3 is 2.93 bits per heavy atom. The SMILES string of the molecule is COC(=O)c1cc(C=O)n(CCBr)c1. The average molecular weight is 260 g/mol. The third-order valence-electron chi connectivity index (χ3n) is 1.80. The van der Waals surface area contributed by atoms with Crippen LogP contribution in [0.25, 0.3) is 0 Å². The molecule has 1 aromatic heterocycles. The normalized spacial score (nSPS) is 9.86. The van der Waals surface area contributed by atoms with Gasteiger partial charge in [0.05, 0.1) is 18.4 Å². The summed E-state index contributed by atoms with van der Waals surface area (Å²) in [6.07, 6.45) is 2.33. The molecule has 4 nitrogen and oxygen atoms in total. The van der Waals surface area contributed by atoms with Crippen molar-refractivity contribution in [2.24, 2.45) is 0 Å². The van der Waals surface area contributed by atoms with Gasteiger partial charge in [-0.05, 0) is 6.07 Å². The van der Waals surface area contributed by atoms with Crippen LogP contribution in [-0.4, -0.2) is 29.3 Å². The van der Waals surface area contributed by atoms with Crippen molar-refractivity contribution in [3.05, 3.63) is 23.5 Å². The third kappa shape index (κ3) is 2.23. The largest absolute Gasteiger partial charge is 0.465 e. The molecule has 1 rings (SSSR count). The Kier molecular flexibility index (Phi) is 3.88. The Morgan fingerprint density at radius 1 is 1.71 bits per heavy atom. The molecule has 0 N–H and O–H groups in total. The second-order valence-electron chi connectivity index (χ2n) is 2.65. The number of rotatable bonds is 4. The van der Waals surface area contributed by atoms with Crippen molar-refractivity contribution >= 4 is 28.2 Å². The average Bonchev–Trinajstić information content (AvgIpc) is 2.60. The van der Waals surface area contributed by atoms with E-state index in [1.165, 1.54) is 13.2 Å². The zero-order chi connectivity index (χ0) is 10.6. The highest BCUT2D eigenvalue weighted by Gasteiger charge is 2.11. The van der Waals surface area contributed by atoms with Crippen LogP contribution >= 0.6 is 15.9 Å². The van der Waals surface area contributed by atoms with Crippen LogP contribution in [0.5, 0.6) is 0 Å². The lowest BCUT2D eigenvalue weighted by atomic mass is 10.3. The van der Waals surface area contributed by atoms with E-state index >= 15 is 0 Å². The van der Waals surface area contributed by atoms with Crippen LogP contribution < -0.4 is 0 Å². The summed E-state index contributed by atoms with van der Waals surface area (Å²) < 4.78 is 6.25. The summed E-state index contributed by atoms with van der Waals surface area (Å²) in [5.74, 6) is -0.429. The maximum absolute atomic E-state index is 11.1. The molecule has 14 heavy (non-hydrogen) atoms. The van der Waals surface area contributed by atoms with Gasteiger partial charge in [-0.1, -0.05) is 15.9 Å². The Hall–Kier alpha value is -1.10. The van der Waals surface area contributed by atoms with Crippen LogP contribution in [-0.2, 0) is 11.3 Å². The number of carbonyl (C=O) groups is 2. The third-order valence-corrected chi connectivity index (χ3v) is 2.15. The van der Waals surface area contributed by atoms with Gasteiger partial charge in [0.2, 0.25) is 0 Å². The standard InChI is InChI=1S/C9H10BrNO3/c1-14-9(13)7-4-8(6-12)11(5-7)3-2-10/h4-6H,2-3H2,1H3. The van der Waals surface area contributed by atoms with Crippen LogP contribution in [0.1, 0.15) is 20.8 Å². The molecule has 0 amide bonds. The fourth-order valence-corrected chi connectivity index (χ4v) is 1.52. The Balaban J connectivity index is 2.99. The van der Waals surface area contributed by atoms with Gasteiger partial charge >= 0.3 is 5.97 Å². The minimum absolute atomic E-state index is 0.399. The van der Waals surface area contributed by atoms with Crippen LogP contribution in [0.15, 0.2) is 12.3 Å². The predicted octanol–water partition coefficient (Wildman–Crippen LogP) is 1.48. The molecule has 0 saturated carbocycles. The molecule has 0 saturated heterocycles. The van der Waals surface area contributed by atoms with Crippen molar-refractivity contribution < 1.29 is 14.3 Å². The highest BCUT2D eigenvalue weighted by atomic mass is 79.9. The number of ether oxygens (including phenoxy) is 1. The zero-order valence-electron chi connectivity index (χ0n) is 7.70. The van der Waals surface area contributed by atoms with Gasteiger partial charge in [0, 0.05) is 18.1 Å². The summed E-state index contributed by atoms with van der Waals surface area (Å²) >= 11 is 3.26. The van der Waals surface area contributed by atoms with E-state index in [2.05, 4.69) is 20.7 Å². The quantitative estimate of drug-likeness (QED) is 0.468. The molecule has 0 spiro atoms. The lowest BCUT2D eigenvalue weighted by Gasteiger charge is -1.99. The summed E-state index contributed by atoms with van der Waals surface area (Å²) in [5, 5.41) is 0.725. The van der Waals surface area contributed by atoms with E-state index in [0.29, 0.717) is 17.8 Å². The molecule has 0 aliphatic rings. The van der Waals surface area contributed by atoms with E-state index in [1.54, 1.807) is 10.8 Å². The molecule has 5 heteroatoms. The highest BCUT2D eigenvalue weighted by molar-refractivity contribution is 9.09. The van der Waals surface area contributed by atoms with Gasteiger partial charge in [0.25, 0.3) is 0 Å². The van der Waals surface area contributed by atoms with E-state index in [1.807, 2.05) is 0 Å². The first-order chi connectivity index (χ1) is 6.72. The van der Waals surface area contributed by atoms with E-state index in [4.69, 9.17) is 0 Å². The van der Waals surface area contributed by atoms with Gasteiger partial charge < -0.3 is 9.30 Å². The molecule has 0 aliphatic carbocycles. The number of nitrogens with zero attached hydrogens (tertiary/aromatic N) is 1. The number of carbonyl (C=O) groups excluding carboxylic acids is 2. The van der Waals surface area contributed by atoms with E-state index in [-0.39, 0.29) is 0 Å². The number of hydrogen-bond donors (Lipinski definition) is 0. The Bertz CT molecular complexity index is 346. The number of halogens is 1. The van der Waals surface area contributed by atoms with Crippen molar-refractivity contribution in [3.8, 4) is 0 Å². The van der Waals surface area contributed by atoms with Crippen molar-refractivity contribution in [1.29, 1.82) is 0 Å². The van der Waals surface area contributed by atoms with Crippen LogP contribution in [0, 0.1) is 0 Å². The summed E-state index contributed by atoms with van der Waals surface area (Å²) in [4.78, 5) is 21.8. The number of aryl methyl sites for hydroxylation is 1. The first-order valence-electron chi connectivity index (χ1n) is 4.02. The van der Waals surface area contributed by atoms with Gasteiger partial charge in [0.15, 0.2) is 6.29 Å². The molecule has 0 aliphatic heterocycles. The smallest absolute Gasteiger partial charge is 0.339 e. The molecule has 0 bridgehead atoms. The number of hydrogen-bond acceptors (Lipinski definition) is 3. The molecule has 76 valence electrons. The first kappa shape index (κ1) is 11.0. The van der Waals surface area contributed by atoms with Crippen molar-refractivity contribution in [2.45, 2.75) is 6.54 Å². The molecule has 0 atom stereocenters. The highest BCUT2D eigenvalue weighted by Crippen LogP contribution is 2.08. The number of alkyl halides is 1. The summed E-state index contributed by atoms with van der Waals surface area (Å²) in [7, 11) is 1.31. The molecule has 0 fully saturated rings. The molecule has 0 aromatic carbocycles. The van der Waals surface area contributed by atoms with Crippen molar-refractivity contribution in [2.75, 3.05) is 12.4 Å². The van der Waals surface area contributed by atoms with Gasteiger partial charge in [-0.25, -0.2) is 4.79 Å². The molecule has 1 aromatic rings. The second-order valence-corrected chi connectivity index (χ2v) is 3.44. The maximum Gasteiger partial charge on any atom is 0.339 e. The number of aldehydes is 1. The lowest BCUT2D eigenvalue weighted by molar-refractivity contribution is 0.0600. The van der Waals surface area contributed by atoms with Gasteiger partial charge in [-0.3, -0.25) is 4.79 Å². The number of aromatic nitrogens is 1. The van der Waals surface area contributed by atoms with Crippen molar-refractivity contribution in [1.82, 2.24) is 4.57 Å². The minimum atomic E-state index is -0.429. The predicted molar refractivity (Wildman–Crippen MR) is 55.0 cm³/mol. The fraction of sp³-hybridized carbons (Fsp3) is 0.333. The van der Waals surface area contributed by atoms with Crippen LogP contribution in [0.3, 0.4) is 0 Å². The fourth-order valence-electron chi connectivity index (χ4n) is 1.14. The van der Waals surface area contributed by atoms with Gasteiger partial charge in [0.1, 0.15) is 0 Å². The number of methoxy groups -OCH3 is 1. The summed E-state index contributed by atoms with van der Waals surface area (Å²) in [5.41, 5.74) is 0.875. The lowest BCUT2D eigenvalue weighted by Crippen LogP contribution is -2.02. The summed E-state index contributed by atoms with van der Waals surface area (Å²) in [6, 6.07) is 1.52. The van der Waals surface area contributed by atoms with Crippen LogP contribution in [0.4, 0.5) is 0 Å². The second kappa shape index (κ2) is 4.95. The summed E-state index contributed by atoms with van der Waals surface area (Å²) in [6.45, 7) is 0.644. The van der Waals surface area contributed by atoms with E-state index in [0.717, 1.165) is 11.6 Å². The first-order valence-corrected chi connectivity index (χ1v) is 5.14. The molecule has 1 heterocycles. The topological polar surface area (TPSA) is 48.3 Å². The minimum Gasteiger partial charge on any atom is -0.465 e. The van der Waals surface area contributed by atoms with E-state index < -0.39 is 5.97 Å². The number of esters is 1. The zero-order valence-corrected chi connectivity index (χ0v) is 9.28.